The van der Waals surface area contributed by atoms with Gasteiger partial charge in [0.15, 0.2) is 0 Å². The average molecular weight is 275 g/mol. The van der Waals surface area contributed by atoms with Crippen molar-refractivity contribution in [1.82, 2.24) is 4.98 Å². The molecule has 1 heterocycles. The summed E-state index contributed by atoms with van der Waals surface area (Å²) < 4.78 is 4.95. The van der Waals surface area contributed by atoms with Crippen molar-refractivity contribution in [3.05, 3.63) is 35.5 Å². The molecule has 0 spiro atoms. The molecular weight excluding hydrogens is 258 g/mol. The topological polar surface area (TPSA) is 39.2 Å². The van der Waals surface area contributed by atoms with Crippen LogP contribution in [0.1, 0.15) is 18.2 Å². The number of hydrogen-bond donors (Lipinski definition) is 0. The van der Waals surface area contributed by atoms with Gasteiger partial charge in [0.1, 0.15) is 0 Å². The predicted molar refractivity (Wildman–Crippen MR) is 78.6 cm³/mol. The fourth-order valence-electron chi connectivity index (χ4n) is 1.94. The summed E-state index contributed by atoms with van der Waals surface area (Å²) in [5.74, 6) is 0.156. The summed E-state index contributed by atoms with van der Waals surface area (Å²) in [5, 5.41) is 1.10. The van der Waals surface area contributed by atoms with Crippen molar-refractivity contribution in [2.75, 3.05) is 12.4 Å². The molecule has 2 aromatic rings. The summed E-state index contributed by atoms with van der Waals surface area (Å²) in [4.78, 5) is 17.1. The summed E-state index contributed by atoms with van der Waals surface area (Å²) in [7, 11) is 0. The van der Waals surface area contributed by atoms with Crippen molar-refractivity contribution >= 4 is 28.6 Å². The van der Waals surface area contributed by atoms with Gasteiger partial charge in [-0.3, -0.25) is 9.78 Å². The summed E-state index contributed by atoms with van der Waals surface area (Å²) in [6.07, 6.45) is 0. The molecule has 0 radical (unpaired) electrons. The van der Waals surface area contributed by atoms with Crippen molar-refractivity contribution in [2.45, 2.75) is 25.7 Å². The maximum Gasteiger partial charge on any atom is 0.316 e. The first-order valence-electron chi connectivity index (χ1n) is 6.27. The highest BCUT2D eigenvalue weighted by molar-refractivity contribution is 8.00. The van der Waals surface area contributed by atoms with Crippen LogP contribution in [0.4, 0.5) is 0 Å². The zero-order valence-corrected chi connectivity index (χ0v) is 12.2. The predicted octanol–water partition coefficient (Wildman–Crippen LogP) is 3.51. The molecule has 0 unspecified atom stereocenters. The standard InChI is InChI=1S/C15H17NO2S/c1-4-18-14(17)9-19-13-8-11(3)16-15-10(2)6-5-7-12(13)15/h5-8H,4,9H2,1-3H3. The Morgan fingerprint density at radius 2 is 2.16 bits per heavy atom. The molecule has 1 aromatic heterocycles. The van der Waals surface area contributed by atoms with E-state index in [-0.39, 0.29) is 5.97 Å². The van der Waals surface area contributed by atoms with Crippen LogP contribution < -0.4 is 0 Å². The lowest BCUT2D eigenvalue weighted by Gasteiger charge is -2.09. The largest absolute Gasteiger partial charge is 0.465 e. The van der Waals surface area contributed by atoms with E-state index in [2.05, 4.69) is 18.0 Å². The zero-order chi connectivity index (χ0) is 13.8. The van der Waals surface area contributed by atoms with Crippen molar-refractivity contribution in [2.24, 2.45) is 0 Å². The van der Waals surface area contributed by atoms with Crippen LogP contribution in [0.5, 0.6) is 0 Å². The van der Waals surface area contributed by atoms with Crippen LogP contribution in [-0.2, 0) is 9.53 Å². The highest BCUT2D eigenvalue weighted by Crippen LogP contribution is 2.29. The molecule has 0 saturated carbocycles. The third-order valence-electron chi connectivity index (χ3n) is 2.78. The molecule has 0 N–H and O–H groups in total. The van der Waals surface area contributed by atoms with Crippen molar-refractivity contribution in [3.8, 4) is 0 Å². The third-order valence-corrected chi connectivity index (χ3v) is 3.81. The molecule has 100 valence electrons. The Bertz CT molecular complexity index is 610. The molecule has 0 fully saturated rings. The lowest BCUT2D eigenvalue weighted by molar-refractivity contribution is -0.139. The molecule has 0 atom stereocenters. The van der Waals surface area contributed by atoms with Gasteiger partial charge in [0.2, 0.25) is 0 Å². The third kappa shape index (κ3) is 3.26. The summed E-state index contributed by atoms with van der Waals surface area (Å²) in [6, 6.07) is 8.13. The molecule has 0 bridgehead atoms. The maximum absolute atomic E-state index is 11.4. The molecule has 3 nitrogen and oxygen atoms in total. The average Bonchev–Trinajstić information content (AvgIpc) is 2.37. The van der Waals surface area contributed by atoms with Gasteiger partial charge in [-0.05, 0) is 32.4 Å². The number of carbonyl (C=O) groups is 1. The second-order valence-corrected chi connectivity index (χ2v) is 5.34. The van der Waals surface area contributed by atoms with Crippen LogP contribution in [-0.4, -0.2) is 23.3 Å². The SMILES string of the molecule is CCOC(=O)CSc1cc(C)nc2c(C)cccc12. The minimum Gasteiger partial charge on any atom is -0.465 e. The smallest absolute Gasteiger partial charge is 0.316 e. The number of nitrogens with zero attached hydrogens (tertiary/aromatic N) is 1. The molecule has 0 saturated heterocycles. The molecule has 1 aromatic carbocycles. The second kappa shape index (κ2) is 6.06. The van der Waals surface area contributed by atoms with E-state index in [1.54, 1.807) is 0 Å². The van der Waals surface area contributed by atoms with E-state index in [9.17, 15) is 4.79 Å². The maximum atomic E-state index is 11.4. The lowest BCUT2D eigenvalue weighted by atomic mass is 10.1. The summed E-state index contributed by atoms with van der Waals surface area (Å²) in [6.45, 7) is 6.27. The molecule has 4 heteroatoms. The number of hydrogen-bond acceptors (Lipinski definition) is 4. The van der Waals surface area contributed by atoms with Gasteiger partial charge >= 0.3 is 5.97 Å². The van der Waals surface area contributed by atoms with Crippen LogP contribution in [0.2, 0.25) is 0 Å². The van der Waals surface area contributed by atoms with Crippen LogP contribution in [0.15, 0.2) is 29.2 Å². The number of rotatable bonds is 4. The van der Waals surface area contributed by atoms with E-state index >= 15 is 0 Å². The van der Waals surface area contributed by atoms with E-state index < -0.39 is 0 Å². The lowest BCUT2D eigenvalue weighted by Crippen LogP contribution is -2.06. The Labute approximate surface area is 117 Å². The van der Waals surface area contributed by atoms with Crippen LogP contribution in [0, 0.1) is 13.8 Å². The number of benzene rings is 1. The summed E-state index contributed by atoms with van der Waals surface area (Å²) in [5.41, 5.74) is 3.13. The highest BCUT2D eigenvalue weighted by Gasteiger charge is 2.09. The molecule has 0 aliphatic carbocycles. The first kappa shape index (κ1) is 13.9. The molecule has 0 amide bonds. The van der Waals surface area contributed by atoms with Crippen LogP contribution in [0.25, 0.3) is 10.9 Å². The number of para-hydroxylation sites is 1. The second-order valence-electron chi connectivity index (χ2n) is 4.33. The fourth-order valence-corrected chi connectivity index (χ4v) is 2.87. The Balaban J connectivity index is 2.32. The fraction of sp³-hybridized carbons (Fsp3) is 0.333. The first-order chi connectivity index (χ1) is 9.11. The minimum absolute atomic E-state index is 0.178. The Hall–Kier alpha value is -1.55. The number of aromatic nitrogens is 1. The van der Waals surface area contributed by atoms with Gasteiger partial charge in [-0.2, -0.15) is 0 Å². The first-order valence-corrected chi connectivity index (χ1v) is 7.25. The van der Waals surface area contributed by atoms with E-state index in [1.165, 1.54) is 11.8 Å². The molecule has 2 rings (SSSR count). The van der Waals surface area contributed by atoms with Gasteiger partial charge in [0.05, 0.1) is 17.9 Å². The minimum atomic E-state index is -0.178. The molecule has 0 aliphatic heterocycles. The zero-order valence-electron chi connectivity index (χ0n) is 11.4. The Morgan fingerprint density at radius 3 is 2.89 bits per heavy atom. The number of thioether (sulfide) groups is 1. The number of pyridine rings is 1. The van der Waals surface area contributed by atoms with Gasteiger partial charge in [-0.1, -0.05) is 18.2 Å². The van der Waals surface area contributed by atoms with E-state index in [0.717, 1.165) is 27.1 Å². The van der Waals surface area contributed by atoms with Gasteiger partial charge in [-0.25, -0.2) is 0 Å². The van der Waals surface area contributed by atoms with Crippen molar-refractivity contribution in [1.29, 1.82) is 0 Å². The van der Waals surface area contributed by atoms with E-state index in [1.807, 2.05) is 32.0 Å². The van der Waals surface area contributed by atoms with Crippen LogP contribution >= 0.6 is 11.8 Å². The van der Waals surface area contributed by atoms with Crippen LogP contribution in [0.3, 0.4) is 0 Å². The van der Waals surface area contributed by atoms with Gasteiger partial charge in [0, 0.05) is 16.0 Å². The molecular formula is C15H17NO2S. The molecule has 0 aliphatic rings. The van der Waals surface area contributed by atoms with Crippen molar-refractivity contribution < 1.29 is 9.53 Å². The quantitative estimate of drug-likeness (QED) is 0.632. The van der Waals surface area contributed by atoms with Crippen molar-refractivity contribution in [3.63, 3.8) is 0 Å². The number of ether oxygens (including phenoxy) is 1. The van der Waals surface area contributed by atoms with Gasteiger partial charge in [-0.15, -0.1) is 11.8 Å². The number of esters is 1. The van der Waals surface area contributed by atoms with Gasteiger partial charge in [0.25, 0.3) is 0 Å². The van der Waals surface area contributed by atoms with E-state index in [4.69, 9.17) is 4.74 Å². The monoisotopic (exact) mass is 275 g/mol. The number of carbonyl (C=O) groups excluding carboxylic acids is 1. The normalized spacial score (nSPS) is 10.7. The number of aryl methyl sites for hydroxylation is 2. The van der Waals surface area contributed by atoms with E-state index in [0.29, 0.717) is 12.4 Å². The highest BCUT2D eigenvalue weighted by atomic mass is 32.2. The molecule has 19 heavy (non-hydrogen) atoms. The van der Waals surface area contributed by atoms with Gasteiger partial charge < -0.3 is 4.74 Å². The number of fused-ring (bicyclic) bond motifs is 1. The summed E-state index contributed by atoms with van der Waals surface area (Å²) >= 11 is 1.51. The Morgan fingerprint density at radius 1 is 1.37 bits per heavy atom. The Kier molecular flexibility index (Phi) is 4.43.